The highest BCUT2D eigenvalue weighted by atomic mass is 19.4. The van der Waals surface area contributed by atoms with Crippen molar-refractivity contribution in [2.75, 3.05) is 13.1 Å². The Balaban J connectivity index is 1.73. The highest BCUT2D eigenvalue weighted by Gasteiger charge is 2.30. The van der Waals surface area contributed by atoms with E-state index in [1.807, 2.05) is 0 Å². The van der Waals surface area contributed by atoms with E-state index in [4.69, 9.17) is 4.74 Å². The molecule has 2 amide bonds. The van der Waals surface area contributed by atoms with Gasteiger partial charge in [0.2, 0.25) is 0 Å². The van der Waals surface area contributed by atoms with E-state index in [1.165, 1.54) is 24.3 Å². The maximum atomic E-state index is 12.5. The van der Waals surface area contributed by atoms with Crippen molar-refractivity contribution in [2.45, 2.75) is 19.2 Å². The standard InChI is InChI=1S/C19H19F3N2O4/c1-12(28-16-8-6-15(25)7-9-16)17(26)23-10-11-24-18(27)13-2-4-14(5-3-13)19(20,21)22/h2-9,12,25H,10-11H2,1H3,(H,23,26)(H,24,27). The van der Waals surface area contributed by atoms with Gasteiger partial charge in [0.1, 0.15) is 11.5 Å². The number of ether oxygens (including phenoxy) is 1. The summed E-state index contributed by atoms with van der Waals surface area (Å²) in [6.45, 7) is 1.76. The lowest BCUT2D eigenvalue weighted by atomic mass is 10.1. The molecule has 0 aliphatic rings. The minimum absolute atomic E-state index is 0.0771. The van der Waals surface area contributed by atoms with Gasteiger partial charge in [0.25, 0.3) is 11.8 Å². The van der Waals surface area contributed by atoms with Gasteiger partial charge in [-0.05, 0) is 55.5 Å². The summed E-state index contributed by atoms with van der Waals surface area (Å²) in [5, 5.41) is 14.3. The second-order valence-electron chi connectivity index (χ2n) is 5.88. The van der Waals surface area contributed by atoms with E-state index in [9.17, 15) is 27.9 Å². The molecule has 1 unspecified atom stereocenters. The van der Waals surface area contributed by atoms with Crippen molar-refractivity contribution in [3.8, 4) is 11.5 Å². The van der Waals surface area contributed by atoms with E-state index < -0.39 is 29.7 Å². The van der Waals surface area contributed by atoms with E-state index >= 15 is 0 Å². The fraction of sp³-hybridized carbons (Fsp3) is 0.263. The number of rotatable bonds is 7. The second-order valence-corrected chi connectivity index (χ2v) is 5.88. The fourth-order valence-corrected chi connectivity index (χ4v) is 2.20. The Morgan fingerprint density at radius 3 is 2.14 bits per heavy atom. The molecule has 0 aliphatic heterocycles. The van der Waals surface area contributed by atoms with E-state index in [0.717, 1.165) is 24.3 Å². The maximum Gasteiger partial charge on any atom is 0.416 e. The quantitative estimate of drug-likeness (QED) is 0.628. The number of nitrogens with one attached hydrogen (secondary N) is 2. The van der Waals surface area contributed by atoms with Crippen LogP contribution in [-0.2, 0) is 11.0 Å². The number of amides is 2. The lowest BCUT2D eigenvalue weighted by Crippen LogP contribution is -2.40. The van der Waals surface area contributed by atoms with Crippen LogP contribution in [0.2, 0.25) is 0 Å². The van der Waals surface area contributed by atoms with Gasteiger partial charge in [-0.3, -0.25) is 9.59 Å². The molecule has 3 N–H and O–H groups in total. The predicted octanol–water partition coefficient (Wildman–Crippen LogP) is 2.72. The Bertz CT molecular complexity index is 805. The molecule has 150 valence electrons. The monoisotopic (exact) mass is 396 g/mol. The lowest BCUT2D eigenvalue weighted by Gasteiger charge is -2.15. The molecule has 6 nitrogen and oxygen atoms in total. The van der Waals surface area contributed by atoms with Crippen molar-refractivity contribution in [3.05, 3.63) is 59.7 Å². The summed E-state index contributed by atoms with van der Waals surface area (Å²) in [5.41, 5.74) is -0.748. The third-order valence-corrected chi connectivity index (χ3v) is 3.70. The van der Waals surface area contributed by atoms with Crippen LogP contribution in [-0.4, -0.2) is 36.1 Å². The normalized spacial score (nSPS) is 12.1. The van der Waals surface area contributed by atoms with Crippen LogP contribution in [0.5, 0.6) is 11.5 Å². The number of phenolic OH excluding ortho intramolecular Hbond substituents is 1. The number of alkyl halides is 3. The van der Waals surface area contributed by atoms with Crippen LogP contribution in [0.1, 0.15) is 22.8 Å². The summed E-state index contributed by atoms with van der Waals surface area (Å²) in [7, 11) is 0. The summed E-state index contributed by atoms with van der Waals surface area (Å²) in [6.07, 6.45) is -5.26. The van der Waals surface area contributed by atoms with Gasteiger partial charge in [-0.15, -0.1) is 0 Å². The van der Waals surface area contributed by atoms with Gasteiger partial charge < -0.3 is 20.5 Å². The molecular weight excluding hydrogens is 377 g/mol. The molecule has 0 aliphatic carbocycles. The van der Waals surface area contributed by atoms with Crippen LogP contribution in [0.25, 0.3) is 0 Å². The highest BCUT2D eigenvalue weighted by molar-refractivity contribution is 5.94. The molecule has 1 atom stereocenters. The first-order valence-electron chi connectivity index (χ1n) is 8.35. The minimum Gasteiger partial charge on any atom is -0.508 e. The smallest absolute Gasteiger partial charge is 0.416 e. The molecule has 2 aromatic carbocycles. The van der Waals surface area contributed by atoms with Gasteiger partial charge in [-0.1, -0.05) is 0 Å². The first kappa shape index (κ1) is 21.1. The van der Waals surface area contributed by atoms with E-state index in [2.05, 4.69) is 10.6 Å². The van der Waals surface area contributed by atoms with E-state index in [0.29, 0.717) is 5.75 Å². The zero-order valence-electron chi connectivity index (χ0n) is 14.9. The molecule has 0 spiro atoms. The molecule has 2 aromatic rings. The Morgan fingerprint density at radius 2 is 1.57 bits per heavy atom. The number of hydrogen-bond acceptors (Lipinski definition) is 4. The van der Waals surface area contributed by atoms with Crippen molar-refractivity contribution in [1.29, 1.82) is 0 Å². The second kappa shape index (κ2) is 9.12. The highest BCUT2D eigenvalue weighted by Crippen LogP contribution is 2.29. The van der Waals surface area contributed by atoms with Crippen molar-refractivity contribution in [2.24, 2.45) is 0 Å². The van der Waals surface area contributed by atoms with Crippen LogP contribution < -0.4 is 15.4 Å². The summed E-state index contributed by atoms with van der Waals surface area (Å²) in [4.78, 5) is 23.9. The molecule has 0 saturated carbocycles. The van der Waals surface area contributed by atoms with Gasteiger partial charge in [0.15, 0.2) is 6.10 Å². The maximum absolute atomic E-state index is 12.5. The largest absolute Gasteiger partial charge is 0.508 e. The Hall–Kier alpha value is -3.23. The number of carbonyl (C=O) groups excluding carboxylic acids is 2. The summed E-state index contributed by atoms with van der Waals surface area (Å²) < 4.78 is 42.9. The number of benzene rings is 2. The number of aromatic hydroxyl groups is 1. The van der Waals surface area contributed by atoms with Crippen molar-refractivity contribution < 1.29 is 32.6 Å². The van der Waals surface area contributed by atoms with E-state index in [1.54, 1.807) is 6.92 Å². The number of phenols is 1. The van der Waals surface area contributed by atoms with Gasteiger partial charge in [-0.2, -0.15) is 13.2 Å². The Labute approximate surface area is 159 Å². The lowest BCUT2D eigenvalue weighted by molar-refractivity contribution is -0.137. The van der Waals surface area contributed by atoms with Crippen LogP contribution in [0.15, 0.2) is 48.5 Å². The molecular formula is C19H19F3N2O4. The zero-order valence-corrected chi connectivity index (χ0v) is 14.9. The molecule has 0 radical (unpaired) electrons. The Kier molecular flexibility index (Phi) is 6.86. The van der Waals surface area contributed by atoms with Crippen molar-refractivity contribution in [3.63, 3.8) is 0 Å². The predicted molar refractivity (Wildman–Crippen MR) is 95.0 cm³/mol. The third-order valence-electron chi connectivity index (χ3n) is 3.70. The number of hydrogen-bond donors (Lipinski definition) is 3. The van der Waals surface area contributed by atoms with Crippen LogP contribution in [0, 0.1) is 0 Å². The number of carbonyl (C=O) groups is 2. The SMILES string of the molecule is CC(Oc1ccc(O)cc1)C(=O)NCCNC(=O)c1ccc(C(F)(F)F)cc1. The topological polar surface area (TPSA) is 87.7 Å². The van der Waals surface area contributed by atoms with Gasteiger partial charge in [-0.25, -0.2) is 0 Å². The first-order valence-corrected chi connectivity index (χ1v) is 8.35. The van der Waals surface area contributed by atoms with Crippen LogP contribution >= 0.6 is 0 Å². The molecule has 0 bridgehead atoms. The van der Waals surface area contributed by atoms with Gasteiger partial charge in [0.05, 0.1) is 5.56 Å². The van der Waals surface area contributed by atoms with Crippen molar-refractivity contribution >= 4 is 11.8 Å². The average Bonchev–Trinajstić information content (AvgIpc) is 2.66. The van der Waals surface area contributed by atoms with Crippen LogP contribution in [0.3, 0.4) is 0 Å². The zero-order chi connectivity index (χ0) is 20.7. The van der Waals surface area contributed by atoms with Gasteiger partial charge >= 0.3 is 6.18 Å². The fourth-order valence-electron chi connectivity index (χ4n) is 2.20. The van der Waals surface area contributed by atoms with Crippen LogP contribution in [0.4, 0.5) is 13.2 Å². The van der Waals surface area contributed by atoms with E-state index in [-0.39, 0.29) is 24.4 Å². The molecule has 28 heavy (non-hydrogen) atoms. The van der Waals surface area contributed by atoms with Gasteiger partial charge in [0, 0.05) is 18.7 Å². The molecule has 0 fully saturated rings. The molecule has 0 heterocycles. The number of halogens is 3. The first-order chi connectivity index (χ1) is 13.2. The summed E-state index contributed by atoms with van der Waals surface area (Å²) in [6, 6.07) is 9.73. The Morgan fingerprint density at radius 1 is 1.00 bits per heavy atom. The third kappa shape index (κ3) is 6.19. The minimum atomic E-state index is -4.46. The molecule has 0 saturated heterocycles. The average molecular weight is 396 g/mol. The molecule has 2 rings (SSSR count). The molecule has 0 aromatic heterocycles. The molecule has 9 heteroatoms. The summed E-state index contributed by atoms with van der Waals surface area (Å²) in [5.74, 6) is -0.461. The summed E-state index contributed by atoms with van der Waals surface area (Å²) >= 11 is 0. The van der Waals surface area contributed by atoms with Crippen molar-refractivity contribution in [1.82, 2.24) is 10.6 Å².